The minimum Gasteiger partial charge on any atom is -0.478 e. The molecule has 1 aliphatic rings. The summed E-state index contributed by atoms with van der Waals surface area (Å²) in [6.07, 6.45) is 4.39. The third-order valence-corrected chi connectivity index (χ3v) is 5.11. The first-order valence-corrected chi connectivity index (χ1v) is 8.22. The number of carboxylic acids is 1. The van der Waals surface area contributed by atoms with E-state index in [0.29, 0.717) is 12.1 Å². The molecule has 1 aliphatic carbocycles. The largest absolute Gasteiger partial charge is 0.478 e. The van der Waals surface area contributed by atoms with E-state index in [2.05, 4.69) is 4.72 Å². The van der Waals surface area contributed by atoms with E-state index in [1.165, 1.54) is 31.0 Å². The smallest absolute Gasteiger partial charge is 0.335 e. The maximum Gasteiger partial charge on any atom is 0.335 e. The van der Waals surface area contributed by atoms with Crippen molar-refractivity contribution in [2.45, 2.75) is 37.5 Å². The van der Waals surface area contributed by atoms with Crippen molar-refractivity contribution in [3.63, 3.8) is 0 Å². The van der Waals surface area contributed by atoms with Crippen LogP contribution in [0.5, 0.6) is 0 Å². The number of rotatable bonds is 7. The number of hydrogen-bond donors (Lipinski definition) is 2. The van der Waals surface area contributed by atoms with Crippen LogP contribution in [-0.4, -0.2) is 26.0 Å². The van der Waals surface area contributed by atoms with Crippen molar-refractivity contribution >= 4 is 16.0 Å². The van der Waals surface area contributed by atoms with E-state index < -0.39 is 16.0 Å². The summed E-state index contributed by atoms with van der Waals surface area (Å²) < 4.78 is 26.9. The van der Waals surface area contributed by atoms with Crippen molar-refractivity contribution in [3.8, 4) is 0 Å². The zero-order valence-corrected chi connectivity index (χ0v) is 12.2. The van der Waals surface area contributed by atoms with E-state index in [1.54, 1.807) is 6.92 Å². The fourth-order valence-electron chi connectivity index (χ4n) is 2.10. The van der Waals surface area contributed by atoms with Gasteiger partial charge in [-0.2, -0.15) is 0 Å². The second kappa shape index (κ2) is 5.93. The molecule has 2 rings (SSSR count). The molecule has 20 heavy (non-hydrogen) atoms. The first kappa shape index (κ1) is 15.0. The van der Waals surface area contributed by atoms with Gasteiger partial charge >= 0.3 is 5.97 Å². The van der Waals surface area contributed by atoms with Gasteiger partial charge in [0.15, 0.2) is 0 Å². The van der Waals surface area contributed by atoms with Crippen molar-refractivity contribution in [2.24, 2.45) is 5.92 Å². The summed E-state index contributed by atoms with van der Waals surface area (Å²) in [4.78, 5) is 11.0. The van der Waals surface area contributed by atoms with Gasteiger partial charge in [0, 0.05) is 6.54 Å². The lowest BCUT2D eigenvalue weighted by Crippen LogP contribution is -2.25. The molecule has 0 amide bonds. The number of carboxylic acid groups (broad SMARTS) is 1. The van der Waals surface area contributed by atoms with Crippen molar-refractivity contribution in [3.05, 3.63) is 29.3 Å². The second-order valence-corrected chi connectivity index (χ2v) is 7.00. The van der Waals surface area contributed by atoms with Crippen LogP contribution >= 0.6 is 0 Å². The Labute approximate surface area is 119 Å². The van der Waals surface area contributed by atoms with E-state index in [0.717, 1.165) is 18.8 Å². The zero-order chi connectivity index (χ0) is 14.8. The highest BCUT2D eigenvalue weighted by Gasteiger charge is 2.22. The van der Waals surface area contributed by atoms with Gasteiger partial charge in [0.25, 0.3) is 0 Å². The van der Waals surface area contributed by atoms with Gasteiger partial charge in [-0.3, -0.25) is 0 Å². The van der Waals surface area contributed by atoms with E-state index in [-0.39, 0.29) is 10.5 Å². The Hall–Kier alpha value is -1.40. The summed E-state index contributed by atoms with van der Waals surface area (Å²) >= 11 is 0. The first-order valence-electron chi connectivity index (χ1n) is 6.74. The van der Waals surface area contributed by atoms with Crippen molar-refractivity contribution in [1.82, 2.24) is 4.72 Å². The quantitative estimate of drug-likeness (QED) is 0.755. The molecule has 0 aliphatic heterocycles. The fourth-order valence-corrected chi connectivity index (χ4v) is 3.45. The molecule has 1 aromatic rings. The van der Waals surface area contributed by atoms with E-state index in [9.17, 15) is 13.2 Å². The van der Waals surface area contributed by atoms with Crippen molar-refractivity contribution in [1.29, 1.82) is 0 Å². The highest BCUT2D eigenvalue weighted by atomic mass is 32.2. The Morgan fingerprint density at radius 3 is 2.70 bits per heavy atom. The molecule has 0 unspecified atom stereocenters. The molecule has 0 saturated heterocycles. The average Bonchev–Trinajstić information content (AvgIpc) is 3.18. The van der Waals surface area contributed by atoms with Crippen LogP contribution in [0, 0.1) is 12.8 Å². The van der Waals surface area contributed by atoms with Gasteiger partial charge in [-0.25, -0.2) is 17.9 Å². The van der Waals surface area contributed by atoms with Crippen LogP contribution in [0.3, 0.4) is 0 Å². The molecule has 0 atom stereocenters. The van der Waals surface area contributed by atoms with Crippen molar-refractivity contribution < 1.29 is 18.3 Å². The third-order valence-electron chi connectivity index (χ3n) is 3.50. The number of hydrogen-bond acceptors (Lipinski definition) is 3. The number of nitrogens with one attached hydrogen (secondary N) is 1. The molecule has 6 heteroatoms. The minimum absolute atomic E-state index is 0.0195. The average molecular weight is 297 g/mol. The number of carbonyl (C=O) groups is 1. The molecule has 0 heterocycles. The Morgan fingerprint density at radius 1 is 1.40 bits per heavy atom. The maximum absolute atomic E-state index is 12.2. The van der Waals surface area contributed by atoms with Gasteiger partial charge in [0.1, 0.15) is 0 Å². The van der Waals surface area contributed by atoms with Gasteiger partial charge < -0.3 is 5.11 Å². The summed E-state index contributed by atoms with van der Waals surface area (Å²) in [5.74, 6) is -0.355. The number of aromatic carboxylic acids is 1. The van der Waals surface area contributed by atoms with Crippen LogP contribution in [0.25, 0.3) is 0 Å². The van der Waals surface area contributed by atoms with Crippen LogP contribution in [-0.2, 0) is 10.0 Å². The number of sulfonamides is 1. The molecule has 2 N–H and O–H groups in total. The molecule has 1 fully saturated rings. The minimum atomic E-state index is -3.64. The molecular formula is C14H19NO4S. The highest BCUT2D eigenvalue weighted by Crippen LogP contribution is 2.33. The number of aryl methyl sites for hydroxylation is 1. The molecule has 1 aromatic carbocycles. The molecule has 0 radical (unpaired) electrons. The summed E-state index contributed by atoms with van der Waals surface area (Å²) in [6.45, 7) is 2.06. The molecule has 5 nitrogen and oxygen atoms in total. The fraction of sp³-hybridized carbons (Fsp3) is 0.500. The van der Waals surface area contributed by atoms with Gasteiger partial charge in [0.2, 0.25) is 10.0 Å². The normalized spacial score (nSPS) is 15.2. The Kier molecular flexibility index (Phi) is 4.45. The van der Waals surface area contributed by atoms with Crippen LogP contribution in [0.1, 0.15) is 41.6 Å². The predicted octanol–water partition coefficient (Wildman–Crippen LogP) is 2.16. The van der Waals surface area contributed by atoms with Crippen LogP contribution in [0.2, 0.25) is 0 Å². The molecule has 0 aromatic heterocycles. The van der Waals surface area contributed by atoms with Crippen molar-refractivity contribution in [2.75, 3.05) is 6.54 Å². The van der Waals surface area contributed by atoms with Gasteiger partial charge in [-0.15, -0.1) is 0 Å². The Morgan fingerprint density at radius 2 is 2.10 bits per heavy atom. The topological polar surface area (TPSA) is 83.5 Å². The van der Waals surface area contributed by atoms with E-state index in [1.807, 2.05) is 0 Å². The second-order valence-electron chi connectivity index (χ2n) is 5.27. The third kappa shape index (κ3) is 3.80. The van der Waals surface area contributed by atoms with E-state index >= 15 is 0 Å². The molecular weight excluding hydrogens is 278 g/mol. The van der Waals surface area contributed by atoms with Gasteiger partial charge in [-0.1, -0.05) is 18.9 Å². The Bertz CT molecular complexity index is 606. The monoisotopic (exact) mass is 297 g/mol. The summed E-state index contributed by atoms with van der Waals surface area (Å²) in [5, 5.41) is 8.93. The molecule has 110 valence electrons. The first-order chi connectivity index (χ1) is 9.40. The Balaban J connectivity index is 2.06. The highest BCUT2D eigenvalue weighted by molar-refractivity contribution is 7.89. The van der Waals surface area contributed by atoms with Gasteiger partial charge in [0.05, 0.1) is 10.5 Å². The maximum atomic E-state index is 12.2. The van der Waals surface area contributed by atoms with Crippen LogP contribution in [0.15, 0.2) is 23.1 Å². The standard InChI is InChI=1S/C14H19NO4S/c1-10-4-7-12(14(16)17)9-13(10)20(18,19)15-8-2-3-11-5-6-11/h4,7,9,11,15H,2-3,5-6,8H2,1H3,(H,16,17). The summed E-state index contributed by atoms with van der Waals surface area (Å²) in [7, 11) is -3.64. The lowest BCUT2D eigenvalue weighted by Gasteiger charge is -2.10. The molecule has 0 bridgehead atoms. The number of benzene rings is 1. The SMILES string of the molecule is Cc1ccc(C(=O)O)cc1S(=O)(=O)NCCCC1CC1. The summed E-state index contributed by atoms with van der Waals surface area (Å²) in [6, 6.07) is 4.13. The van der Waals surface area contributed by atoms with Crippen LogP contribution < -0.4 is 4.72 Å². The van der Waals surface area contributed by atoms with Gasteiger partial charge in [-0.05, 0) is 43.4 Å². The zero-order valence-electron chi connectivity index (χ0n) is 11.4. The summed E-state index contributed by atoms with van der Waals surface area (Å²) in [5.41, 5.74) is 0.527. The lowest BCUT2D eigenvalue weighted by molar-refractivity contribution is 0.0696. The van der Waals surface area contributed by atoms with Crippen LogP contribution in [0.4, 0.5) is 0 Å². The predicted molar refractivity (Wildman–Crippen MR) is 75.3 cm³/mol. The lowest BCUT2D eigenvalue weighted by atomic mass is 10.1. The van der Waals surface area contributed by atoms with E-state index in [4.69, 9.17) is 5.11 Å². The molecule has 1 saturated carbocycles. The molecule has 0 spiro atoms.